The summed E-state index contributed by atoms with van der Waals surface area (Å²) >= 11 is 1.41. The van der Waals surface area contributed by atoms with Gasteiger partial charge in [-0.25, -0.2) is 22.5 Å². The highest BCUT2D eigenvalue weighted by atomic mass is 32.2. The zero-order chi connectivity index (χ0) is 14.8. The molecule has 0 bridgehead atoms. The Kier molecular flexibility index (Phi) is 4.36. The van der Waals surface area contributed by atoms with Crippen molar-refractivity contribution in [2.24, 2.45) is 0 Å². The fourth-order valence-electron chi connectivity index (χ4n) is 1.63. The summed E-state index contributed by atoms with van der Waals surface area (Å²) < 4.78 is 40.1. The van der Waals surface area contributed by atoms with Crippen molar-refractivity contribution >= 4 is 27.0 Å². The van der Waals surface area contributed by atoms with Crippen molar-refractivity contribution < 1.29 is 12.8 Å². The highest BCUT2D eigenvalue weighted by Crippen LogP contribution is 2.22. The van der Waals surface area contributed by atoms with Gasteiger partial charge in [-0.05, 0) is 18.6 Å². The standard InChI is InChI=1S/C12H14FN3O2S2/c1-2-8-6-15-11(19-8)7-16-20(17,18)12-9(13)4-3-5-10(12)14/h3-6,16H,2,7,14H2,1H3. The number of hydrogen-bond donors (Lipinski definition) is 2. The molecule has 0 saturated heterocycles. The van der Waals surface area contributed by atoms with Crippen LogP contribution in [-0.4, -0.2) is 13.4 Å². The van der Waals surface area contributed by atoms with Crippen molar-refractivity contribution in [3.8, 4) is 0 Å². The number of anilines is 1. The van der Waals surface area contributed by atoms with Crippen LogP contribution in [0.15, 0.2) is 29.3 Å². The lowest BCUT2D eigenvalue weighted by Gasteiger charge is -2.08. The molecule has 0 aliphatic heterocycles. The molecule has 5 nitrogen and oxygen atoms in total. The third-order valence-electron chi connectivity index (χ3n) is 2.63. The Balaban J connectivity index is 2.19. The molecule has 0 spiro atoms. The van der Waals surface area contributed by atoms with Gasteiger partial charge in [0.15, 0.2) is 0 Å². The predicted molar refractivity (Wildman–Crippen MR) is 76.3 cm³/mol. The van der Waals surface area contributed by atoms with Crippen molar-refractivity contribution in [3.63, 3.8) is 0 Å². The molecule has 1 aromatic heterocycles. The summed E-state index contributed by atoms with van der Waals surface area (Å²) in [7, 11) is -4.00. The number of hydrogen-bond acceptors (Lipinski definition) is 5. The lowest BCUT2D eigenvalue weighted by molar-refractivity contribution is 0.558. The van der Waals surface area contributed by atoms with E-state index in [0.29, 0.717) is 5.01 Å². The molecule has 1 aromatic carbocycles. The number of thiazole rings is 1. The summed E-state index contributed by atoms with van der Waals surface area (Å²) in [6, 6.07) is 3.76. The van der Waals surface area contributed by atoms with E-state index in [1.807, 2.05) is 6.92 Å². The predicted octanol–water partition coefficient (Wildman–Crippen LogP) is 1.91. The Morgan fingerprint density at radius 1 is 1.45 bits per heavy atom. The average Bonchev–Trinajstić information content (AvgIpc) is 2.84. The van der Waals surface area contributed by atoms with Gasteiger partial charge < -0.3 is 5.73 Å². The first-order valence-corrected chi connectivity index (χ1v) is 8.21. The second-order valence-corrected chi connectivity index (χ2v) is 6.96. The molecular weight excluding hydrogens is 301 g/mol. The Bertz CT molecular complexity index is 693. The summed E-state index contributed by atoms with van der Waals surface area (Å²) in [6.07, 6.45) is 2.54. The molecule has 1 heterocycles. The zero-order valence-corrected chi connectivity index (χ0v) is 12.4. The Morgan fingerprint density at radius 3 is 2.80 bits per heavy atom. The van der Waals surface area contributed by atoms with Gasteiger partial charge in [-0.15, -0.1) is 11.3 Å². The van der Waals surface area contributed by atoms with Crippen LogP contribution in [0, 0.1) is 5.82 Å². The molecule has 2 aromatic rings. The van der Waals surface area contributed by atoms with Crippen LogP contribution < -0.4 is 10.5 Å². The average molecular weight is 315 g/mol. The maximum Gasteiger partial charge on any atom is 0.245 e. The first kappa shape index (κ1) is 14.9. The van der Waals surface area contributed by atoms with Crippen LogP contribution in [0.1, 0.15) is 16.8 Å². The Hall–Kier alpha value is -1.51. The van der Waals surface area contributed by atoms with E-state index in [-0.39, 0.29) is 12.2 Å². The number of halogens is 1. The first-order chi connectivity index (χ1) is 9.44. The topological polar surface area (TPSA) is 85.1 Å². The summed E-state index contributed by atoms with van der Waals surface area (Å²) in [5.74, 6) is -0.870. The molecule has 2 rings (SSSR count). The van der Waals surface area contributed by atoms with E-state index in [1.54, 1.807) is 6.20 Å². The molecule has 20 heavy (non-hydrogen) atoms. The second kappa shape index (κ2) is 5.86. The van der Waals surface area contributed by atoms with Crippen LogP contribution in [-0.2, 0) is 23.0 Å². The maximum absolute atomic E-state index is 13.6. The van der Waals surface area contributed by atoms with Crippen molar-refractivity contribution in [1.82, 2.24) is 9.71 Å². The monoisotopic (exact) mass is 315 g/mol. The van der Waals surface area contributed by atoms with E-state index >= 15 is 0 Å². The van der Waals surface area contributed by atoms with Gasteiger partial charge in [0.05, 0.1) is 12.2 Å². The van der Waals surface area contributed by atoms with E-state index in [9.17, 15) is 12.8 Å². The van der Waals surface area contributed by atoms with Gasteiger partial charge in [-0.3, -0.25) is 0 Å². The van der Waals surface area contributed by atoms with Crippen molar-refractivity contribution in [1.29, 1.82) is 0 Å². The smallest absolute Gasteiger partial charge is 0.245 e. The zero-order valence-electron chi connectivity index (χ0n) is 10.8. The van der Waals surface area contributed by atoms with Crippen molar-refractivity contribution in [3.05, 3.63) is 40.1 Å². The molecule has 0 amide bonds. The summed E-state index contributed by atoms with van der Waals surface area (Å²) in [5.41, 5.74) is 5.41. The largest absolute Gasteiger partial charge is 0.398 e. The summed E-state index contributed by atoms with van der Waals surface area (Å²) in [4.78, 5) is 4.63. The summed E-state index contributed by atoms with van der Waals surface area (Å²) in [5, 5.41) is 0.625. The fourth-order valence-corrected chi connectivity index (χ4v) is 3.70. The SMILES string of the molecule is CCc1cnc(CNS(=O)(=O)c2c(N)cccc2F)s1. The van der Waals surface area contributed by atoms with Crippen LogP contribution in [0.2, 0.25) is 0 Å². The third-order valence-corrected chi connectivity index (χ3v) is 5.26. The first-order valence-electron chi connectivity index (χ1n) is 5.91. The number of aryl methyl sites for hydroxylation is 1. The number of nitrogens with two attached hydrogens (primary N) is 1. The number of aromatic nitrogens is 1. The molecule has 108 valence electrons. The van der Waals surface area contributed by atoms with Crippen molar-refractivity contribution in [2.75, 3.05) is 5.73 Å². The van der Waals surface area contributed by atoms with Gasteiger partial charge in [0.25, 0.3) is 0 Å². The van der Waals surface area contributed by atoms with Crippen LogP contribution in [0.25, 0.3) is 0 Å². The van der Waals surface area contributed by atoms with E-state index in [4.69, 9.17) is 5.73 Å². The number of rotatable bonds is 5. The molecule has 3 N–H and O–H groups in total. The van der Waals surface area contributed by atoms with Gasteiger partial charge in [0, 0.05) is 11.1 Å². The van der Waals surface area contributed by atoms with E-state index in [2.05, 4.69) is 9.71 Å². The van der Waals surface area contributed by atoms with Gasteiger partial charge in [0.1, 0.15) is 15.7 Å². The molecule has 0 atom stereocenters. The normalized spacial score (nSPS) is 11.7. The van der Waals surface area contributed by atoms with E-state index in [1.165, 1.54) is 23.5 Å². The lowest BCUT2D eigenvalue weighted by atomic mass is 10.3. The Labute approximate surface area is 120 Å². The van der Waals surface area contributed by atoms with Crippen LogP contribution in [0.5, 0.6) is 0 Å². The minimum Gasteiger partial charge on any atom is -0.398 e. The quantitative estimate of drug-likeness (QED) is 0.825. The lowest BCUT2D eigenvalue weighted by Crippen LogP contribution is -2.25. The van der Waals surface area contributed by atoms with Crippen molar-refractivity contribution in [2.45, 2.75) is 24.8 Å². The van der Waals surface area contributed by atoms with Gasteiger partial charge >= 0.3 is 0 Å². The number of sulfonamides is 1. The van der Waals surface area contributed by atoms with Gasteiger partial charge in [-0.2, -0.15) is 0 Å². The van der Waals surface area contributed by atoms with Gasteiger partial charge in [-0.1, -0.05) is 13.0 Å². The Morgan fingerprint density at radius 2 is 2.20 bits per heavy atom. The highest BCUT2D eigenvalue weighted by molar-refractivity contribution is 7.89. The van der Waals surface area contributed by atoms with Crippen LogP contribution in [0.4, 0.5) is 10.1 Å². The van der Waals surface area contributed by atoms with Crippen LogP contribution >= 0.6 is 11.3 Å². The molecule has 8 heteroatoms. The molecule has 0 radical (unpaired) electrons. The van der Waals surface area contributed by atoms with E-state index < -0.39 is 20.7 Å². The number of nitrogen functional groups attached to an aromatic ring is 1. The number of benzene rings is 1. The van der Waals surface area contributed by atoms with Gasteiger partial charge in [0.2, 0.25) is 10.0 Å². The minimum atomic E-state index is -4.00. The molecular formula is C12H14FN3O2S2. The second-order valence-electron chi connectivity index (χ2n) is 4.06. The third kappa shape index (κ3) is 3.14. The maximum atomic E-state index is 13.6. The van der Waals surface area contributed by atoms with Crippen LogP contribution in [0.3, 0.4) is 0 Å². The fraction of sp³-hybridized carbons (Fsp3) is 0.250. The summed E-state index contributed by atoms with van der Waals surface area (Å²) in [6.45, 7) is 2.00. The highest BCUT2D eigenvalue weighted by Gasteiger charge is 2.22. The molecule has 0 unspecified atom stereocenters. The molecule has 0 fully saturated rings. The molecule has 0 aliphatic carbocycles. The number of nitrogens with zero attached hydrogens (tertiary/aromatic N) is 1. The minimum absolute atomic E-state index is 0.0147. The molecule has 0 aliphatic rings. The van der Waals surface area contributed by atoms with E-state index in [0.717, 1.165) is 17.4 Å². The molecule has 0 saturated carbocycles. The number of nitrogens with one attached hydrogen (secondary N) is 1.